The molecule has 1 aliphatic rings. The minimum absolute atomic E-state index is 0.0548. The van der Waals surface area contributed by atoms with Gasteiger partial charge in [-0.1, -0.05) is 5.16 Å². The number of pyridine rings is 1. The van der Waals surface area contributed by atoms with Gasteiger partial charge in [-0.15, -0.1) is 0 Å². The van der Waals surface area contributed by atoms with Crippen LogP contribution in [0.1, 0.15) is 24.0 Å². The Balaban J connectivity index is 2.47. The quantitative estimate of drug-likeness (QED) is 0.313. The van der Waals surface area contributed by atoms with E-state index in [0.717, 1.165) is 24.9 Å². The normalized spacial score (nSPS) is 20.4. The van der Waals surface area contributed by atoms with Crippen molar-refractivity contribution < 1.29 is 10.3 Å². The summed E-state index contributed by atoms with van der Waals surface area (Å²) in [4.78, 5) is 6.36. The molecule has 4 N–H and O–H groups in total. The number of rotatable bonds is 3. The third-order valence-corrected chi connectivity index (χ3v) is 3.36. The second-order valence-electron chi connectivity index (χ2n) is 4.48. The van der Waals surface area contributed by atoms with Crippen molar-refractivity contribution in [3.05, 3.63) is 23.4 Å². The Kier molecular flexibility index (Phi) is 3.66. The van der Waals surface area contributed by atoms with Gasteiger partial charge in [-0.2, -0.15) is 0 Å². The molecule has 6 nitrogen and oxygen atoms in total. The minimum Gasteiger partial charge on any atom is -0.409 e. The third-order valence-electron chi connectivity index (χ3n) is 3.36. The maximum Gasteiger partial charge on any atom is 0.174 e. The Bertz CT molecular complexity index is 461. The topological polar surface area (TPSA) is 95.0 Å². The number of hydrogen-bond acceptors (Lipinski definition) is 5. The first-order valence-corrected chi connectivity index (χ1v) is 6.00. The lowest BCUT2D eigenvalue weighted by Gasteiger charge is -2.26. The lowest BCUT2D eigenvalue weighted by Crippen LogP contribution is -2.35. The largest absolute Gasteiger partial charge is 0.409 e. The Morgan fingerprint density at radius 1 is 1.67 bits per heavy atom. The van der Waals surface area contributed by atoms with Gasteiger partial charge in [-0.3, -0.25) is 0 Å². The molecule has 0 saturated carbocycles. The fraction of sp³-hybridized carbons (Fsp3) is 0.500. The zero-order chi connectivity index (χ0) is 13.1. The van der Waals surface area contributed by atoms with E-state index < -0.39 is 0 Å². The molecule has 1 aromatic heterocycles. The molecule has 0 radical (unpaired) electrons. The lowest BCUT2D eigenvalue weighted by molar-refractivity contribution is 0.266. The predicted molar refractivity (Wildman–Crippen MR) is 68.9 cm³/mol. The van der Waals surface area contributed by atoms with Crippen molar-refractivity contribution in [2.45, 2.75) is 25.8 Å². The van der Waals surface area contributed by atoms with E-state index in [1.54, 1.807) is 6.20 Å². The summed E-state index contributed by atoms with van der Waals surface area (Å²) in [7, 11) is 0. The van der Waals surface area contributed by atoms with Crippen LogP contribution in [0.15, 0.2) is 17.4 Å². The van der Waals surface area contributed by atoms with E-state index >= 15 is 0 Å². The molecule has 1 unspecified atom stereocenters. The average molecular weight is 250 g/mol. The standard InChI is InChI=1S/C12H18N4O2/c1-8-4-5-14-12(10(8)11(13)15-18)16-6-2-3-9(16)7-17/h4-5,9,17-18H,2-3,6-7H2,1H3,(H2,13,15). The van der Waals surface area contributed by atoms with Gasteiger partial charge in [0.2, 0.25) is 0 Å². The molecule has 2 rings (SSSR count). The van der Waals surface area contributed by atoms with Gasteiger partial charge < -0.3 is 20.9 Å². The Morgan fingerprint density at radius 2 is 2.44 bits per heavy atom. The molecule has 0 aliphatic carbocycles. The van der Waals surface area contributed by atoms with Crippen LogP contribution in [-0.2, 0) is 0 Å². The summed E-state index contributed by atoms with van der Waals surface area (Å²) < 4.78 is 0. The molecule has 6 heteroatoms. The molecule has 0 bridgehead atoms. The van der Waals surface area contributed by atoms with Crippen molar-refractivity contribution >= 4 is 11.7 Å². The van der Waals surface area contributed by atoms with Crippen molar-refractivity contribution in [3.63, 3.8) is 0 Å². The van der Waals surface area contributed by atoms with Crippen molar-refractivity contribution in [3.8, 4) is 0 Å². The minimum atomic E-state index is 0.0548. The van der Waals surface area contributed by atoms with Crippen molar-refractivity contribution in [1.82, 2.24) is 4.98 Å². The smallest absolute Gasteiger partial charge is 0.174 e. The summed E-state index contributed by atoms with van der Waals surface area (Å²) in [6.45, 7) is 2.81. The Labute approximate surface area is 106 Å². The van der Waals surface area contributed by atoms with Gasteiger partial charge in [-0.25, -0.2) is 4.98 Å². The third kappa shape index (κ3) is 2.11. The summed E-state index contributed by atoms with van der Waals surface area (Å²) in [5.41, 5.74) is 7.26. The van der Waals surface area contributed by atoms with Crippen LogP contribution in [0.3, 0.4) is 0 Å². The van der Waals surface area contributed by atoms with Gasteiger partial charge in [0.05, 0.1) is 18.2 Å². The van der Waals surface area contributed by atoms with Gasteiger partial charge in [-0.05, 0) is 31.4 Å². The van der Waals surface area contributed by atoms with Crippen molar-refractivity contribution in [2.75, 3.05) is 18.1 Å². The van der Waals surface area contributed by atoms with Crippen LogP contribution in [0.5, 0.6) is 0 Å². The van der Waals surface area contributed by atoms with Crippen LogP contribution in [0, 0.1) is 6.92 Å². The first-order chi connectivity index (χ1) is 8.69. The molecular formula is C12H18N4O2. The molecular weight excluding hydrogens is 232 g/mol. The molecule has 18 heavy (non-hydrogen) atoms. The summed E-state index contributed by atoms with van der Waals surface area (Å²) >= 11 is 0. The van der Waals surface area contributed by atoms with Crippen LogP contribution < -0.4 is 10.6 Å². The highest BCUT2D eigenvalue weighted by Crippen LogP contribution is 2.28. The van der Waals surface area contributed by atoms with E-state index in [1.165, 1.54) is 0 Å². The molecule has 1 atom stereocenters. The summed E-state index contributed by atoms with van der Waals surface area (Å²) in [5, 5.41) is 21.3. The van der Waals surface area contributed by atoms with Crippen LogP contribution in [0.2, 0.25) is 0 Å². The lowest BCUT2D eigenvalue weighted by atomic mass is 10.1. The monoisotopic (exact) mass is 250 g/mol. The van der Waals surface area contributed by atoms with Crippen molar-refractivity contribution in [1.29, 1.82) is 0 Å². The SMILES string of the molecule is Cc1ccnc(N2CCCC2CO)c1/C(N)=N/O. The number of amidine groups is 1. The molecule has 1 saturated heterocycles. The van der Waals surface area contributed by atoms with E-state index in [0.29, 0.717) is 11.4 Å². The summed E-state index contributed by atoms with van der Waals surface area (Å²) in [6, 6.07) is 1.88. The maximum atomic E-state index is 9.37. The highest BCUT2D eigenvalue weighted by atomic mass is 16.4. The van der Waals surface area contributed by atoms with Crippen LogP contribution in [0.25, 0.3) is 0 Å². The second-order valence-corrected chi connectivity index (χ2v) is 4.48. The summed E-state index contributed by atoms with van der Waals surface area (Å²) in [5.74, 6) is 0.737. The molecule has 1 aliphatic heterocycles. The van der Waals surface area contributed by atoms with Crippen molar-refractivity contribution in [2.24, 2.45) is 10.9 Å². The number of nitrogens with zero attached hydrogens (tertiary/aromatic N) is 3. The van der Waals surface area contributed by atoms with E-state index in [9.17, 15) is 5.11 Å². The van der Waals surface area contributed by atoms with E-state index in [4.69, 9.17) is 10.9 Å². The van der Waals surface area contributed by atoms with Gasteiger partial charge in [0, 0.05) is 12.7 Å². The zero-order valence-corrected chi connectivity index (χ0v) is 10.4. The number of oxime groups is 1. The number of hydrogen-bond donors (Lipinski definition) is 3. The fourth-order valence-corrected chi connectivity index (χ4v) is 2.43. The molecule has 0 aromatic carbocycles. The van der Waals surface area contributed by atoms with Crippen LogP contribution in [-0.4, -0.2) is 40.3 Å². The number of aromatic nitrogens is 1. The first kappa shape index (κ1) is 12.6. The maximum absolute atomic E-state index is 9.37. The number of aliphatic hydroxyl groups is 1. The highest BCUT2D eigenvalue weighted by molar-refractivity contribution is 6.02. The average Bonchev–Trinajstić information content (AvgIpc) is 2.85. The zero-order valence-electron chi connectivity index (χ0n) is 10.4. The van der Waals surface area contributed by atoms with Crippen LogP contribution >= 0.6 is 0 Å². The molecule has 0 spiro atoms. The molecule has 1 fully saturated rings. The number of anilines is 1. The van der Waals surface area contributed by atoms with Crippen LogP contribution in [0.4, 0.5) is 5.82 Å². The fourth-order valence-electron chi connectivity index (χ4n) is 2.43. The highest BCUT2D eigenvalue weighted by Gasteiger charge is 2.28. The number of aryl methyl sites for hydroxylation is 1. The van der Waals surface area contributed by atoms with Gasteiger partial charge in [0.1, 0.15) is 5.82 Å². The predicted octanol–water partition coefficient (Wildman–Crippen LogP) is 0.446. The van der Waals surface area contributed by atoms with E-state index in [-0.39, 0.29) is 18.5 Å². The molecule has 0 amide bonds. The first-order valence-electron chi connectivity index (χ1n) is 6.00. The molecule has 98 valence electrons. The van der Waals surface area contributed by atoms with Gasteiger partial charge in [0.25, 0.3) is 0 Å². The molecule has 1 aromatic rings. The molecule has 2 heterocycles. The van der Waals surface area contributed by atoms with E-state index in [2.05, 4.69) is 10.1 Å². The second kappa shape index (κ2) is 5.22. The van der Waals surface area contributed by atoms with E-state index in [1.807, 2.05) is 17.9 Å². The Morgan fingerprint density at radius 3 is 3.11 bits per heavy atom. The number of nitrogens with two attached hydrogens (primary N) is 1. The van der Waals surface area contributed by atoms with Gasteiger partial charge in [0.15, 0.2) is 5.84 Å². The Hall–Kier alpha value is -1.82. The summed E-state index contributed by atoms with van der Waals surface area (Å²) in [6.07, 6.45) is 3.64. The van der Waals surface area contributed by atoms with Gasteiger partial charge >= 0.3 is 0 Å². The number of aliphatic hydroxyl groups excluding tert-OH is 1.